The summed E-state index contributed by atoms with van der Waals surface area (Å²) in [7, 11) is 0. The maximum Gasteiger partial charge on any atom is 0.245 e. The van der Waals surface area contributed by atoms with E-state index in [0.717, 1.165) is 39.1 Å². The summed E-state index contributed by atoms with van der Waals surface area (Å²) < 4.78 is 0. The number of amides is 2. The Morgan fingerprint density at radius 2 is 2.00 bits per heavy atom. The van der Waals surface area contributed by atoms with Crippen LogP contribution in [0, 0.1) is 5.92 Å². The highest BCUT2D eigenvalue weighted by Gasteiger charge is 2.32. The lowest BCUT2D eigenvalue weighted by molar-refractivity contribution is -0.140. The first-order valence-electron chi connectivity index (χ1n) is 6.90. The van der Waals surface area contributed by atoms with Crippen molar-refractivity contribution in [2.75, 3.05) is 32.7 Å². The van der Waals surface area contributed by atoms with Crippen LogP contribution in [-0.4, -0.2) is 60.4 Å². The van der Waals surface area contributed by atoms with Gasteiger partial charge in [-0.25, -0.2) is 0 Å². The van der Waals surface area contributed by atoms with E-state index < -0.39 is 0 Å². The van der Waals surface area contributed by atoms with E-state index in [2.05, 4.69) is 17.1 Å². The Labute approximate surface area is 108 Å². The van der Waals surface area contributed by atoms with Gasteiger partial charge in [0.05, 0.1) is 0 Å². The Morgan fingerprint density at radius 3 is 2.56 bits per heavy atom. The smallest absolute Gasteiger partial charge is 0.245 e. The van der Waals surface area contributed by atoms with Crippen molar-refractivity contribution in [3.8, 4) is 0 Å². The van der Waals surface area contributed by atoms with Gasteiger partial charge in [0.15, 0.2) is 0 Å². The molecule has 0 aromatic carbocycles. The van der Waals surface area contributed by atoms with Crippen molar-refractivity contribution < 1.29 is 9.59 Å². The number of nitrogens with zero attached hydrogens (tertiary/aromatic N) is 2. The highest BCUT2D eigenvalue weighted by Crippen LogP contribution is 2.18. The number of piperazine rings is 1. The lowest BCUT2D eigenvalue weighted by Crippen LogP contribution is -2.56. The standard InChI is InChI=1S/C13H23N3O2/c1-3-15-4-6-16(7-5-15)13(18)11-8-10(2)9-12(17)14-11/h10-11H,3-9H2,1-2H3,(H,14,17)/t10-,11-/m0/s1. The number of piperidine rings is 1. The summed E-state index contributed by atoms with van der Waals surface area (Å²) in [6, 6.07) is -0.297. The van der Waals surface area contributed by atoms with Crippen molar-refractivity contribution in [1.82, 2.24) is 15.1 Å². The molecule has 2 atom stereocenters. The Balaban J connectivity index is 1.89. The predicted octanol–water partition coefficient (Wildman–Crippen LogP) is 0.0652. The molecule has 0 saturated carbocycles. The third-order valence-corrected chi connectivity index (χ3v) is 3.94. The molecule has 5 heteroatoms. The number of carbonyl (C=O) groups excluding carboxylic acids is 2. The lowest BCUT2D eigenvalue weighted by Gasteiger charge is -2.37. The van der Waals surface area contributed by atoms with E-state index in [-0.39, 0.29) is 17.9 Å². The molecule has 2 rings (SSSR count). The fourth-order valence-electron chi connectivity index (χ4n) is 2.78. The zero-order valence-electron chi connectivity index (χ0n) is 11.3. The molecule has 1 N–H and O–H groups in total. The second-order valence-corrected chi connectivity index (χ2v) is 5.42. The molecule has 0 spiro atoms. The van der Waals surface area contributed by atoms with Crippen LogP contribution in [0.25, 0.3) is 0 Å². The van der Waals surface area contributed by atoms with Gasteiger partial charge in [0.25, 0.3) is 0 Å². The molecule has 18 heavy (non-hydrogen) atoms. The van der Waals surface area contributed by atoms with Crippen molar-refractivity contribution in [1.29, 1.82) is 0 Å². The fourth-order valence-corrected chi connectivity index (χ4v) is 2.78. The highest BCUT2D eigenvalue weighted by atomic mass is 16.2. The number of hydrogen-bond acceptors (Lipinski definition) is 3. The van der Waals surface area contributed by atoms with Crippen LogP contribution in [0.1, 0.15) is 26.7 Å². The van der Waals surface area contributed by atoms with Crippen LogP contribution in [0.3, 0.4) is 0 Å². The molecule has 2 fully saturated rings. The monoisotopic (exact) mass is 253 g/mol. The van der Waals surface area contributed by atoms with E-state index in [9.17, 15) is 9.59 Å². The largest absolute Gasteiger partial charge is 0.344 e. The van der Waals surface area contributed by atoms with Gasteiger partial charge in [0.2, 0.25) is 11.8 Å². The molecular formula is C13H23N3O2. The van der Waals surface area contributed by atoms with Gasteiger partial charge < -0.3 is 15.1 Å². The van der Waals surface area contributed by atoms with E-state index in [1.165, 1.54) is 0 Å². The van der Waals surface area contributed by atoms with Crippen LogP contribution in [0.4, 0.5) is 0 Å². The van der Waals surface area contributed by atoms with E-state index in [0.29, 0.717) is 12.3 Å². The first-order valence-corrected chi connectivity index (χ1v) is 6.90. The topological polar surface area (TPSA) is 52.7 Å². The summed E-state index contributed by atoms with van der Waals surface area (Å²) in [5.74, 6) is 0.426. The lowest BCUT2D eigenvalue weighted by atomic mass is 9.93. The van der Waals surface area contributed by atoms with Gasteiger partial charge in [-0.1, -0.05) is 13.8 Å². The molecule has 0 bridgehead atoms. The zero-order chi connectivity index (χ0) is 13.1. The van der Waals surface area contributed by atoms with Gasteiger partial charge >= 0.3 is 0 Å². The molecule has 0 aromatic rings. The van der Waals surface area contributed by atoms with Gasteiger partial charge in [-0.05, 0) is 18.9 Å². The third kappa shape index (κ3) is 3.02. The van der Waals surface area contributed by atoms with E-state index in [1.807, 2.05) is 11.8 Å². The number of nitrogens with one attached hydrogen (secondary N) is 1. The summed E-state index contributed by atoms with van der Waals surface area (Å²) in [5.41, 5.74) is 0. The first-order chi connectivity index (χ1) is 8.60. The number of hydrogen-bond donors (Lipinski definition) is 1. The molecule has 2 aliphatic heterocycles. The maximum atomic E-state index is 12.3. The summed E-state index contributed by atoms with van der Waals surface area (Å²) in [6.45, 7) is 8.67. The van der Waals surface area contributed by atoms with E-state index >= 15 is 0 Å². The fraction of sp³-hybridized carbons (Fsp3) is 0.846. The Morgan fingerprint density at radius 1 is 1.33 bits per heavy atom. The van der Waals surface area contributed by atoms with Crippen LogP contribution in [0.2, 0.25) is 0 Å². The zero-order valence-corrected chi connectivity index (χ0v) is 11.3. The molecule has 2 amide bonds. The first kappa shape index (κ1) is 13.3. The average Bonchev–Trinajstić information content (AvgIpc) is 2.37. The van der Waals surface area contributed by atoms with Gasteiger partial charge in [0.1, 0.15) is 6.04 Å². The van der Waals surface area contributed by atoms with Crippen LogP contribution in [-0.2, 0) is 9.59 Å². The Kier molecular flexibility index (Phi) is 4.22. The number of rotatable bonds is 2. The number of likely N-dealkylation sites (N-methyl/N-ethyl adjacent to an activating group) is 1. The summed E-state index contributed by atoms with van der Waals surface area (Å²) in [4.78, 5) is 28.0. The third-order valence-electron chi connectivity index (χ3n) is 3.94. The van der Waals surface area contributed by atoms with Crippen molar-refractivity contribution in [2.24, 2.45) is 5.92 Å². The molecule has 2 heterocycles. The molecule has 0 aliphatic carbocycles. The molecule has 0 aromatic heterocycles. The predicted molar refractivity (Wildman–Crippen MR) is 69.0 cm³/mol. The Hall–Kier alpha value is -1.10. The summed E-state index contributed by atoms with van der Waals surface area (Å²) >= 11 is 0. The molecule has 5 nitrogen and oxygen atoms in total. The second kappa shape index (κ2) is 5.69. The molecule has 2 saturated heterocycles. The van der Waals surface area contributed by atoms with E-state index in [4.69, 9.17) is 0 Å². The van der Waals surface area contributed by atoms with Gasteiger partial charge in [-0.2, -0.15) is 0 Å². The summed E-state index contributed by atoms with van der Waals surface area (Å²) in [6.07, 6.45) is 1.33. The maximum absolute atomic E-state index is 12.3. The molecular weight excluding hydrogens is 230 g/mol. The van der Waals surface area contributed by atoms with Gasteiger partial charge in [-0.15, -0.1) is 0 Å². The Bertz CT molecular complexity index is 324. The molecule has 2 aliphatic rings. The van der Waals surface area contributed by atoms with E-state index in [1.54, 1.807) is 0 Å². The van der Waals surface area contributed by atoms with Crippen molar-refractivity contribution in [3.63, 3.8) is 0 Å². The highest BCUT2D eigenvalue weighted by molar-refractivity contribution is 5.89. The molecule has 102 valence electrons. The minimum atomic E-state index is -0.297. The normalized spacial score (nSPS) is 30.1. The molecule has 0 radical (unpaired) electrons. The number of carbonyl (C=O) groups is 2. The summed E-state index contributed by atoms with van der Waals surface area (Å²) in [5, 5.41) is 2.83. The van der Waals surface area contributed by atoms with Crippen molar-refractivity contribution in [2.45, 2.75) is 32.7 Å². The SMILES string of the molecule is CCN1CCN(C(=O)[C@@H]2C[C@H](C)CC(=O)N2)CC1. The van der Waals surface area contributed by atoms with Crippen LogP contribution < -0.4 is 5.32 Å². The van der Waals surface area contributed by atoms with Crippen molar-refractivity contribution in [3.05, 3.63) is 0 Å². The van der Waals surface area contributed by atoms with Crippen molar-refractivity contribution >= 4 is 11.8 Å². The average molecular weight is 253 g/mol. The molecule has 0 unspecified atom stereocenters. The van der Waals surface area contributed by atoms with Crippen LogP contribution >= 0.6 is 0 Å². The second-order valence-electron chi connectivity index (χ2n) is 5.42. The minimum absolute atomic E-state index is 0.0132. The van der Waals surface area contributed by atoms with Gasteiger partial charge in [0, 0.05) is 32.6 Å². The van der Waals surface area contributed by atoms with Crippen LogP contribution in [0.15, 0.2) is 0 Å². The quantitative estimate of drug-likeness (QED) is 0.757. The van der Waals surface area contributed by atoms with Gasteiger partial charge in [-0.3, -0.25) is 9.59 Å². The minimum Gasteiger partial charge on any atom is -0.344 e. The van der Waals surface area contributed by atoms with Crippen LogP contribution in [0.5, 0.6) is 0 Å².